The lowest BCUT2D eigenvalue weighted by Crippen LogP contribution is -2.41. The largest absolute Gasteiger partial charge is 0.489 e. The zero-order valence-electron chi connectivity index (χ0n) is 17.6. The summed E-state index contributed by atoms with van der Waals surface area (Å²) in [6.07, 6.45) is -0.0905. The van der Waals surface area contributed by atoms with Gasteiger partial charge in [0.05, 0.1) is 30.0 Å². The first-order valence-electron chi connectivity index (χ1n) is 10.5. The van der Waals surface area contributed by atoms with E-state index in [-0.39, 0.29) is 47.0 Å². The standard InChI is InChI=1S/C21H23F4N5O3/c22-3-6-33-17-9-13(20(31)30-4-7-32-8-5-30)15(23)10-16(17)28-21-26-11-14(18(24)25)19(29-21)27-12-1-2-12/h9-12,18H,1-8H2,(H2,26,27,28,29). The highest BCUT2D eigenvalue weighted by molar-refractivity contribution is 5.96. The van der Waals surface area contributed by atoms with Gasteiger partial charge in [-0.15, -0.1) is 0 Å². The lowest BCUT2D eigenvalue weighted by atomic mass is 10.1. The van der Waals surface area contributed by atoms with E-state index < -0.39 is 24.8 Å². The van der Waals surface area contributed by atoms with E-state index in [0.29, 0.717) is 26.3 Å². The number of aromatic nitrogens is 2. The molecule has 1 aromatic carbocycles. The monoisotopic (exact) mass is 469 g/mol. The first-order valence-corrected chi connectivity index (χ1v) is 10.5. The number of carbonyl (C=O) groups is 1. The normalized spacial score (nSPS) is 16.1. The number of anilines is 3. The second-order valence-corrected chi connectivity index (χ2v) is 7.61. The molecule has 0 radical (unpaired) electrons. The summed E-state index contributed by atoms with van der Waals surface area (Å²) in [6.45, 7) is 0.201. The van der Waals surface area contributed by atoms with Crippen LogP contribution in [0.15, 0.2) is 18.3 Å². The van der Waals surface area contributed by atoms with Gasteiger partial charge in [0.15, 0.2) is 0 Å². The first-order chi connectivity index (χ1) is 16.0. The topological polar surface area (TPSA) is 88.6 Å². The maximum absolute atomic E-state index is 14.9. The van der Waals surface area contributed by atoms with Crippen molar-refractivity contribution in [3.05, 3.63) is 35.3 Å². The van der Waals surface area contributed by atoms with E-state index in [9.17, 15) is 22.4 Å². The Morgan fingerprint density at radius 3 is 2.70 bits per heavy atom. The Hall–Kier alpha value is -3.15. The van der Waals surface area contributed by atoms with E-state index in [0.717, 1.165) is 25.1 Å². The van der Waals surface area contributed by atoms with Crippen LogP contribution in [0.2, 0.25) is 0 Å². The smallest absolute Gasteiger partial charge is 0.268 e. The Bertz CT molecular complexity index is 1000. The number of morpholine rings is 1. The van der Waals surface area contributed by atoms with Crippen LogP contribution in [0.1, 0.15) is 35.2 Å². The third-order valence-corrected chi connectivity index (χ3v) is 5.15. The zero-order chi connectivity index (χ0) is 23.4. The maximum Gasteiger partial charge on any atom is 0.268 e. The molecule has 178 valence electrons. The van der Waals surface area contributed by atoms with Crippen molar-refractivity contribution in [1.29, 1.82) is 0 Å². The summed E-state index contributed by atoms with van der Waals surface area (Å²) in [5.41, 5.74) is -0.554. The molecule has 0 bridgehead atoms. The van der Waals surface area contributed by atoms with Crippen molar-refractivity contribution in [2.75, 3.05) is 50.2 Å². The van der Waals surface area contributed by atoms with Crippen molar-refractivity contribution in [2.24, 2.45) is 0 Å². The lowest BCUT2D eigenvalue weighted by molar-refractivity contribution is 0.0299. The molecule has 8 nitrogen and oxygen atoms in total. The summed E-state index contributed by atoms with van der Waals surface area (Å²) in [5, 5.41) is 5.65. The SMILES string of the molecule is O=C(c1cc(OCCF)c(Nc2ncc(C(F)F)c(NC3CC3)n2)cc1F)N1CCOCC1. The average Bonchev–Trinajstić information content (AvgIpc) is 3.63. The lowest BCUT2D eigenvalue weighted by Gasteiger charge is -2.27. The summed E-state index contributed by atoms with van der Waals surface area (Å²) in [7, 11) is 0. The van der Waals surface area contributed by atoms with Gasteiger partial charge in [-0.25, -0.2) is 22.5 Å². The molecule has 2 N–H and O–H groups in total. The number of hydrogen-bond acceptors (Lipinski definition) is 7. The minimum Gasteiger partial charge on any atom is -0.489 e. The second kappa shape index (κ2) is 10.2. The van der Waals surface area contributed by atoms with Crippen LogP contribution in [-0.2, 0) is 4.74 Å². The fourth-order valence-corrected chi connectivity index (χ4v) is 3.29. The van der Waals surface area contributed by atoms with Crippen molar-refractivity contribution < 1.29 is 31.8 Å². The third kappa shape index (κ3) is 5.62. The first kappa shape index (κ1) is 23.0. The van der Waals surface area contributed by atoms with Gasteiger partial charge in [-0.2, -0.15) is 4.98 Å². The molecular weight excluding hydrogens is 446 g/mol. The third-order valence-electron chi connectivity index (χ3n) is 5.15. The van der Waals surface area contributed by atoms with Gasteiger partial charge in [0, 0.05) is 31.4 Å². The number of hydrogen-bond donors (Lipinski definition) is 2. The van der Waals surface area contributed by atoms with Crippen LogP contribution in [0.25, 0.3) is 0 Å². The van der Waals surface area contributed by atoms with Gasteiger partial charge in [0.2, 0.25) is 5.95 Å². The van der Waals surface area contributed by atoms with E-state index in [1.807, 2.05) is 0 Å². The number of benzene rings is 1. The highest BCUT2D eigenvalue weighted by atomic mass is 19.3. The average molecular weight is 469 g/mol. The molecule has 1 saturated carbocycles. The molecule has 1 saturated heterocycles. The van der Waals surface area contributed by atoms with Gasteiger partial charge in [0.25, 0.3) is 12.3 Å². The van der Waals surface area contributed by atoms with E-state index in [4.69, 9.17) is 9.47 Å². The van der Waals surface area contributed by atoms with E-state index in [1.54, 1.807) is 0 Å². The molecule has 1 aliphatic heterocycles. The predicted molar refractivity (Wildman–Crippen MR) is 112 cm³/mol. The van der Waals surface area contributed by atoms with Crippen molar-refractivity contribution in [3.63, 3.8) is 0 Å². The Balaban J connectivity index is 1.62. The van der Waals surface area contributed by atoms with Gasteiger partial charge in [-0.3, -0.25) is 4.79 Å². The Morgan fingerprint density at radius 2 is 2.03 bits per heavy atom. The molecule has 12 heteroatoms. The molecular formula is C21H23F4N5O3. The van der Waals surface area contributed by atoms with Gasteiger partial charge in [-0.1, -0.05) is 0 Å². The number of ether oxygens (including phenoxy) is 2. The highest BCUT2D eigenvalue weighted by Crippen LogP contribution is 2.34. The Morgan fingerprint density at radius 1 is 1.27 bits per heavy atom. The van der Waals surface area contributed by atoms with Crippen LogP contribution in [0, 0.1) is 5.82 Å². The molecule has 2 aliphatic rings. The number of carbonyl (C=O) groups excluding carboxylic acids is 1. The summed E-state index contributed by atoms with van der Waals surface area (Å²) in [5.74, 6) is -1.47. The number of halogens is 4. The van der Waals surface area contributed by atoms with Crippen molar-refractivity contribution in [2.45, 2.75) is 25.3 Å². The van der Waals surface area contributed by atoms with Gasteiger partial charge in [0.1, 0.15) is 30.7 Å². The van der Waals surface area contributed by atoms with Crippen molar-refractivity contribution >= 4 is 23.4 Å². The summed E-state index contributed by atoms with van der Waals surface area (Å²) in [4.78, 5) is 22.2. The van der Waals surface area contributed by atoms with Crippen LogP contribution >= 0.6 is 0 Å². The summed E-state index contributed by atoms with van der Waals surface area (Å²) < 4.78 is 64.8. The number of nitrogens with zero attached hydrogens (tertiary/aromatic N) is 3. The van der Waals surface area contributed by atoms with Crippen LogP contribution in [0.4, 0.5) is 35.0 Å². The molecule has 2 aromatic rings. The molecule has 33 heavy (non-hydrogen) atoms. The molecule has 2 fully saturated rings. The van der Waals surface area contributed by atoms with E-state index in [2.05, 4.69) is 20.6 Å². The fourth-order valence-electron chi connectivity index (χ4n) is 3.29. The van der Waals surface area contributed by atoms with Crippen molar-refractivity contribution in [3.8, 4) is 5.75 Å². The summed E-state index contributed by atoms with van der Waals surface area (Å²) >= 11 is 0. The van der Waals surface area contributed by atoms with Gasteiger partial charge < -0.3 is 25.0 Å². The zero-order valence-corrected chi connectivity index (χ0v) is 17.6. The molecule has 2 heterocycles. The molecule has 0 atom stereocenters. The van der Waals surface area contributed by atoms with Gasteiger partial charge in [-0.05, 0) is 18.9 Å². The minimum atomic E-state index is -2.77. The number of alkyl halides is 3. The minimum absolute atomic E-state index is 0.00361. The highest BCUT2D eigenvalue weighted by Gasteiger charge is 2.26. The quantitative estimate of drug-likeness (QED) is 0.542. The number of rotatable bonds is 9. The maximum atomic E-state index is 14.9. The predicted octanol–water partition coefficient (Wildman–Crippen LogP) is 3.69. The van der Waals surface area contributed by atoms with Crippen LogP contribution in [0.3, 0.4) is 0 Å². The van der Waals surface area contributed by atoms with Crippen LogP contribution < -0.4 is 15.4 Å². The van der Waals surface area contributed by atoms with Gasteiger partial charge >= 0.3 is 0 Å². The molecule has 1 aromatic heterocycles. The van der Waals surface area contributed by atoms with E-state index in [1.165, 1.54) is 11.0 Å². The number of nitrogens with one attached hydrogen (secondary N) is 2. The van der Waals surface area contributed by atoms with Crippen LogP contribution in [0.5, 0.6) is 5.75 Å². The molecule has 4 rings (SSSR count). The number of amides is 1. The Kier molecular flexibility index (Phi) is 7.11. The van der Waals surface area contributed by atoms with Crippen LogP contribution in [-0.4, -0.2) is 66.4 Å². The van der Waals surface area contributed by atoms with E-state index >= 15 is 0 Å². The molecule has 1 amide bonds. The Labute approximate surface area is 187 Å². The second-order valence-electron chi connectivity index (χ2n) is 7.61. The molecule has 1 aliphatic carbocycles. The molecule has 0 unspecified atom stereocenters. The fraction of sp³-hybridized carbons (Fsp3) is 0.476. The molecule has 0 spiro atoms. The van der Waals surface area contributed by atoms with Crippen molar-refractivity contribution in [1.82, 2.24) is 14.9 Å². The summed E-state index contributed by atoms with van der Waals surface area (Å²) in [6, 6.07) is 2.26.